The molecule has 1 amide bonds. The lowest BCUT2D eigenvalue weighted by atomic mass is 10.0. The van der Waals surface area contributed by atoms with E-state index in [1.807, 2.05) is 6.92 Å². The first-order valence-corrected chi connectivity index (χ1v) is 7.18. The Morgan fingerprint density at radius 2 is 2.25 bits per heavy atom. The molecule has 0 fully saturated rings. The van der Waals surface area contributed by atoms with Crippen LogP contribution in [0.25, 0.3) is 0 Å². The van der Waals surface area contributed by atoms with Gasteiger partial charge in [-0.25, -0.2) is 0 Å². The average Bonchev–Trinajstić information content (AvgIpc) is 2.43. The van der Waals surface area contributed by atoms with E-state index in [-0.39, 0.29) is 18.9 Å². The van der Waals surface area contributed by atoms with Crippen LogP contribution in [0.15, 0.2) is 18.2 Å². The normalized spacial score (nSPS) is 12.0. The fourth-order valence-electron chi connectivity index (χ4n) is 2.01. The second-order valence-electron chi connectivity index (χ2n) is 4.72. The molecule has 0 aliphatic carbocycles. The average molecular weight is 300 g/mol. The minimum atomic E-state index is -0.0676. The van der Waals surface area contributed by atoms with Gasteiger partial charge in [-0.15, -0.1) is 0 Å². The molecule has 1 unspecified atom stereocenters. The Labute approximate surface area is 125 Å². The van der Waals surface area contributed by atoms with E-state index in [2.05, 4.69) is 5.32 Å². The topological polar surface area (TPSA) is 58.6 Å². The Bertz CT molecular complexity index is 437. The van der Waals surface area contributed by atoms with Crippen molar-refractivity contribution in [3.05, 3.63) is 28.8 Å². The van der Waals surface area contributed by atoms with Crippen LogP contribution in [0.2, 0.25) is 5.02 Å². The molecule has 1 aromatic rings. The van der Waals surface area contributed by atoms with Crippen molar-refractivity contribution in [2.75, 3.05) is 20.3 Å². The van der Waals surface area contributed by atoms with Gasteiger partial charge in [0.2, 0.25) is 5.91 Å². The zero-order chi connectivity index (χ0) is 15.0. The quantitative estimate of drug-likeness (QED) is 0.775. The summed E-state index contributed by atoms with van der Waals surface area (Å²) in [6.45, 7) is 2.78. The van der Waals surface area contributed by atoms with Crippen LogP contribution in [0.4, 0.5) is 0 Å². The molecule has 1 aromatic carbocycles. The van der Waals surface area contributed by atoms with E-state index in [0.29, 0.717) is 29.7 Å². The standard InChI is InChI=1S/C15H22ClNO3/c1-3-11(6-7-18)10-17-15(19)9-12-8-13(16)4-5-14(12)20-2/h4-5,8,11,18H,3,6-7,9-10H2,1-2H3,(H,17,19). The number of benzene rings is 1. The first-order valence-electron chi connectivity index (χ1n) is 6.80. The molecule has 112 valence electrons. The van der Waals surface area contributed by atoms with Gasteiger partial charge < -0.3 is 15.2 Å². The van der Waals surface area contributed by atoms with Crippen molar-refractivity contribution in [3.8, 4) is 5.75 Å². The van der Waals surface area contributed by atoms with Crippen molar-refractivity contribution in [3.63, 3.8) is 0 Å². The van der Waals surface area contributed by atoms with Crippen LogP contribution in [-0.4, -0.2) is 31.3 Å². The number of aliphatic hydroxyl groups is 1. The summed E-state index contributed by atoms with van der Waals surface area (Å²) in [5, 5.41) is 12.4. The molecule has 1 rings (SSSR count). The van der Waals surface area contributed by atoms with Gasteiger partial charge in [0.15, 0.2) is 0 Å². The van der Waals surface area contributed by atoms with Crippen LogP contribution in [-0.2, 0) is 11.2 Å². The van der Waals surface area contributed by atoms with Gasteiger partial charge in [0.25, 0.3) is 0 Å². The molecule has 0 spiro atoms. The van der Waals surface area contributed by atoms with Crippen LogP contribution >= 0.6 is 11.6 Å². The number of methoxy groups -OCH3 is 1. The molecule has 0 heterocycles. The Hall–Kier alpha value is -1.26. The van der Waals surface area contributed by atoms with Gasteiger partial charge in [0.1, 0.15) is 5.75 Å². The monoisotopic (exact) mass is 299 g/mol. The number of carbonyl (C=O) groups is 1. The van der Waals surface area contributed by atoms with Crippen molar-refractivity contribution in [2.24, 2.45) is 5.92 Å². The van der Waals surface area contributed by atoms with Crippen LogP contribution in [0.3, 0.4) is 0 Å². The van der Waals surface area contributed by atoms with Crippen molar-refractivity contribution in [1.82, 2.24) is 5.32 Å². The van der Waals surface area contributed by atoms with E-state index in [1.165, 1.54) is 0 Å². The molecule has 0 bridgehead atoms. The van der Waals surface area contributed by atoms with E-state index in [9.17, 15) is 4.79 Å². The molecular formula is C15H22ClNO3. The molecular weight excluding hydrogens is 278 g/mol. The number of halogens is 1. The van der Waals surface area contributed by atoms with Gasteiger partial charge in [-0.3, -0.25) is 4.79 Å². The van der Waals surface area contributed by atoms with Crippen LogP contribution < -0.4 is 10.1 Å². The zero-order valence-corrected chi connectivity index (χ0v) is 12.7. The lowest BCUT2D eigenvalue weighted by Gasteiger charge is -2.15. The number of aliphatic hydroxyl groups excluding tert-OH is 1. The summed E-state index contributed by atoms with van der Waals surface area (Å²) in [7, 11) is 1.57. The number of hydrogen-bond donors (Lipinski definition) is 2. The van der Waals surface area contributed by atoms with E-state index >= 15 is 0 Å². The number of rotatable bonds is 8. The van der Waals surface area contributed by atoms with Crippen LogP contribution in [0.1, 0.15) is 25.3 Å². The summed E-state index contributed by atoms with van der Waals surface area (Å²) >= 11 is 5.93. The number of ether oxygens (including phenoxy) is 1. The fourth-order valence-corrected chi connectivity index (χ4v) is 2.21. The summed E-state index contributed by atoms with van der Waals surface area (Å²) < 4.78 is 5.21. The Morgan fingerprint density at radius 1 is 1.50 bits per heavy atom. The second kappa shape index (κ2) is 8.82. The molecule has 4 nitrogen and oxygen atoms in total. The molecule has 2 N–H and O–H groups in total. The number of nitrogens with one attached hydrogen (secondary N) is 1. The lowest BCUT2D eigenvalue weighted by Crippen LogP contribution is -2.30. The van der Waals surface area contributed by atoms with Gasteiger partial charge >= 0.3 is 0 Å². The number of amides is 1. The predicted molar refractivity (Wildman–Crippen MR) is 80.2 cm³/mol. The van der Waals surface area contributed by atoms with Gasteiger partial charge in [-0.05, 0) is 30.5 Å². The fraction of sp³-hybridized carbons (Fsp3) is 0.533. The maximum atomic E-state index is 11.9. The highest BCUT2D eigenvalue weighted by Gasteiger charge is 2.11. The summed E-state index contributed by atoms with van der Waals surface area (Å²) in [6, 6.07) is 5.23. The van der Waals surface area contributed by atoms with Crippen molar-refractivity contribution < 1.29 is 14.6 Å². The first-order chi connectivity index (χ1) is 9.60. The molecule has 1 atom stereocenters. The second-order valence-corrected chi connectivity index (χ2v) is 5.16. The van der Waals surface area contributed by atoms with E-state index in [0.717, 1.165) is 12.0 Å². The summed E-state index contributed by atoms with van der Waals surface area (Å²) in [5.74, 6) is 0.902. The highest BCUT2D eigenvalue weighted by molar-refractivity contribution is 6.30. The molecule has 0 saturated heterocycles. The molecule has 5 heteroatoms. The third kappa shape index (κ3) is 5.39. The van der Waals surface area contributed by atoms with Gasteiger partial charge in [-0.2, -0.15) is 0 Å². The minimum absolute atomic E-state index is 0.0676. The minimum Gasteiger partial charge on any atom is -0.496 e. The Morgan fingerprint density at radius 3 is 2.85 bits per heavy atom. The van der Waals surface area contributed by atoms with Gasteiger partial charge in [-0.1, -0.05) is 24.9 Å². The maximum absolute atomic E-state index is 11.9. The molecule has 0 aliphatic heterocycles. The molecule has 0 aliphatic rings. The SMILES string of the molecule is CCC(CCO)CNC(=O)Cc1cc(Cl)ccc1OC. The number of hydrogen-bond acceptors (Lipinski definition) is 3. The van der Waals surface area contributed by atoms with E-state index < -0.39 is 0 Å². The smallest absolute Gasteiger partial charge is 0.224 e. The van der Waals surface area contributed by atoms with Crippen LogP contribution in [0.5, 0.6) is 5.75 Å². The van der Waals surface area contributed by atoms with Gasteiger partial charge in [0, 0.05) is 23.7 Å². The van der Waals surface area contributed by atoms with Crippen molar-refractivity contribution >= 4 is 17.5 Å². The molecule has 0 saturated carbocycles. The Balaban J connectivity index is 2.55. The van der Waals surface area contributed by atoms with Crippen molar-refractivity contribution in [2.45, 2.75) is 26.2 Å². The van der Waals surface area contributed by atoms with Gasteiger partial charge in [0.05, 0.1) is 13.5 Å². The molecule has 0 radical (unpaired) electrons. The summed E-state index contributed by atoms with van der Waals surface area (Å²) in [6.07, 6.45) is 1.87. The highest BCUT2D eigenvalue weighted by atomic mass is 35.5. The summed E-state index contributed by atoms with van der Waals surface area (Å²) in [5.41, 5.74) is 0.771. The van der Waals surface area contributed by atoms with Crippen molar-refractivity contribution in [1.29, 1.82) is 0 Å². The third-order valence-corrected chi connectivity index (χ3v) is 3.53. The maximum Gasteiger partial charge on any atom is 0.224 e. The highest BCUT2D eigenvalue weighted by Crippen LogP contribution is 2.23. The van der Waals surface area contributed by atoms with Crippen LogP contribution in [0, 0.1) is 5.92 Å². The Kier molecular flexibility index (Phi) is 7.41. The van der Waals surface area contributed by atoms with E-state index in [1.54, 1.807) is 25.3 Å². The molecule has 0 aromatic heterocycles. The number of carbonyl (C=O) groups excluding carboxylic acids is 1. The first kappa shape index (κ1) is 16.8. The lowest BCUT2D eigenvalue weighted by molar-refractivity contribution is -0.120. The largest absolute Gasteiger partial charge is 0.496 e. The zero-order valence-electron chi connectivity index (χ0n) is 12.0. The summed E-state index contributed by atoms with van der Waals surface area (Å²) in [4.78, 5) is 11.9. The molecule has 20 heavy (non-hydrogen) atoms. The third-order valence-electron chi connectivity index (χ3n) is 3.30. The predicted octanol–water partition coefficient (Wildman–Crippen LogP) is 2.42. The van der Waals surface area contributed by atoms with E-state index in [4.69, 9.17) is 21.4 Å².